The van der Waals surface area contributed by atoms with Gasteiger partial charge in [-0.1, -0.05) is 19.1 Å². The Hall–Kier alpha value is -1.38. The zero-order valence-electron chi connectivity index (χ0n) is 11.5. The maximum atomic E-state index is 12.0. The molecule has 0 bridgehead atoms. The van der Waals surface area contributed by atoms with Crippen molar-refractivity contribution in [2.45, 2.75) is 39.5 Å². The van der Waals surface area contributed by atoms with Crippen molar-refractivity contribution in [1.29, 1.82) is 0 Å². The summed E-state index contributed by atoms with van der Waals surface area (Å²) >= 11 is 0. The van der Waals surface area contributed by atoms with Crippen LogP contribution in [0.15, 0.2) is 28.9 Å². The zero-order chi connectivity index (χ0) is 13.4. The van der Waals surface area contributed by atoms with Gasteiger partial charge in [-0.2, -0.15) is 0 Å². The molecule has 100 valence electrons. The molecule has 1 rings (SSSR count). The first-order chi connectivity index (χ1) is 8.67. The van der Waals surface area contributed by atoms with E-state index in [1.165, 1.54) is 12.8 Å². The van der Waals surface area contributed by atoms with Gasteiger partial charge in [0.1, 0.15) is 0 Å². The van der Waals surface area contributed by atoms with E-state index in [0.29, 0.717) is 6.54 Å². The molecule has 3 nitrogen and oxygen atoms in total. The van der Waals surface area contributed by atoms with Crippen LogP contribution in [0.2, 0.25) is 0 Å². The summed E-state index contributed by atoms with van der Waals surface area (Å²) < 4.78 is 0. The van der Waals surface area contributed by atoms with Crippen molar-refractivity contribution >= 4 is 12.6 Å². The first-order valence-electron chi connectivity index (χ1n) is 6.73. The average Bonchev–Trinajstić information content (AvgIpc) is 2.39. The second kappa shape index (κ2) is 7.85. The second-order valence-electron chi connectivity index (χ2n) is 5.02. The van der Waals surface area contributed by atoms with Gasteiger partial charge in [-0.05, 0) is 51.3 Å². The van der Waals surface area contributed by atoms with Crippen molar-refractivity contribution in [2.75, 3.05) is 6.54 Å². The molecule has 1 fully saturated rings. The number of amides is 1. The van der Waals surface area contributed by atoms with Gasteiger partial charge in [0.25, 0.3) is 0 Å². The Kier molecular flexibility index (Phi) is 6.40. The van der Waals surface area contributed by atoms with E-state index in [9.17, 15) is 4.79 Å². The van der Waals surface area contributed by atoms with Crippen LogP contribution in [0.25, 0.3) is 0 Å². The number of nitrogens with zero attached hydrogens (tertiary/aromatic N) is 1. The molecule has 0 aromatic carbocycles. The summed E-state index contributed by atoms with van der Waals surface area (Å²) in [5.74, 6) is 1.12. The van der Waals surface area contributed by atoms with Crippen LogP contribution in [0.4, 0.5) is 0 Å². The molecule has 0 saturated heterocycles. The highest BCUT2D eigenvalue weighted by Crippen LogP contribution is 2.28. The molecule has 0 spiro atoms. The Morgan fingerprint density at radius 3 is 2.61 bits per heavy atom. The van der Waals surface area contributed by atoms with Crippen LogP contribution in [-0.2, 0) is 4.79 Å². The number of carbonyl (C=O) groups excluding carboxylic acids is 1. The van der Waals surface area contributed by atoms with Crippen LogP contribution >= 0.6 is 0 Å². The molecule has 0 aromatic heterocycles. The van der Waals surface area contributed by atoms with Gasteiger partial charge in [0.05, 0.1) is 12.2 Å². The lowest BCUT2D eigenvalue weighted by Gasteiger charge is -2.25. The molecular weight excluding hydrogens is 224 g/mol. The van der Waals surface area contributed by atoms with Gasteiger partial charge in [-0.3, -0.25) is 9.79 Å². The second-order valence-corrected chi connectivity index (χ2v) is 5.02. The van der Waals surface area contributed by atoms with E-state index >= 15 is 0 Å². The fourth-order valence-corrected chi connectivity index (χ4v) is 2.22. The van der Waals surface area contributed by atoms with Crippen molar-refractivity contribution in [1.82, 2.24) is 5.32 Å². The van der Waals surface area contributed by atoms with Crippen molar-refractivity contribution < 1.29 is 4.79 Å². The summed E-state index contributed by atoms with van der Waals surface area (Å²) in [6.45, 7) is 8.18. The highest BCUT2D eigenvalue weighted by atomic mass is 16.1. The van der Waals surface area contributed by atoms with Gasteiger partial charge < -0.3 is 5.32 Å². The minimum absolute atomic E-state index is 0.164. The third-order valence-electron chi connectivity index (χ3n) is 3.51. The van der Waals surface area contributed by atoms with Crippen molar-refractivity contribution in [2.24, 2.45) is 16.8 Å². The van der Waals surface area contributed by atoms with Gasteiger partial charge in [-0.25, -0.2) is 0 Å². The molecule has 0 radical (unpaired) electrons. The van der Waals surface area contributed by atoms with Crippen LogP contribution in [0.1, 0.15) is 39.5 Å². The van der Waals surface area contributed by atoms with Crippen molar-refractivity contribution in [3.63, 3.8) is 0 Å². The summed E-state index contributed by atoms with van der Waals surface area (Å²) in [6.07, 6.45) is 10.1. The van der Waals surface area contributed by atoms with E-state index in [-0.39, 0.29) is 11.8 Å². The topological polar surface area (TPSA) is 41.5 Å². The zero-order valence-corrected chi connectivity index (χ0v) is 11.5. The first-order valence-corrected chi connectivity index (χ1v) is 6.73. The SMILES string of the molecule is C=N/C(=C\C=C/C)CNC(=O)C1CCC(C)CC1. The number of nitrogens with one attached hydrogen (secondary N) is 1. The Labute approximate surface area is 110 Å². The minimum atomic E-state index is 0.164. The largest absolute Gasteiger partial charge is 0.350 e. The summed E-state index contributed by atoms with van der Waals surface area (Å²) in [4.78, 5) is 15.9. The molecule has 3 heteroatoms. The fraction of sp³-hybridized carbons (Fsp3) is 0.600. The number of allylic oxidation sites excluding steroid dienone is 3. The monoisotopic (exact) mass is 248 g/mol. The van der Waals surface area contributed by atoms with Gasteiger partial charge in [0, 0.05) is 5.92 Å². The van der Waals surface area contributed by atoms with Gasteiger partial charge >= 0.3 is 0 Å². The summed E-state index contributed by atoms with van der Waals surface area (Å²) in [5, 5.41) is 2.95. The number of hydrogen-bond donors (Lipinski definition) is 1. The van der Waals surface area contributed by atoms with E-state index in [2.05, 4.69) is 24.0 Å². The smallest absolute Gasteiger partial charge is 0.223 e. The fourth-order valence-electron chi connectivity index (χ4n) is 2.22. The number of rotatable bonds is 5. The summed E-state index contributed by atoms with van der Waals surface area (Å²) in [7, 11) is 0. The lowest BCUT2D eigenvalue weighted by Crippen LogP contribution is -2.33. The van der Waals surface area contributed by atoms with Crippen molar-refractivity contribution in [3.8, 4) is 0 Å². The van der Waals surface area contributed by atoms with E-state index in [1.807, 2.05) is 25.2 Å². The van der Waals surface area contributed by atoms with Crippen molar-refractivity contribution in [3.05, 3.63) is 23.9 Å². The molecule has 0 unspecified atom stereocenters. The Morgan fingerprint density at radius 2 is 2.06 bits per heavy atom. The molecular formula is C15H24N2O. The molecule has 1 aliphatic carbocycles. The van der Waals surface area contributed by atoms with Crippen LogP contribution in [0.5, 0.6) is 0 Å². The molecule has 0 aromatic rings. The molecule has 0 aliphatic heterocycles. The standard InChI is InChI=1S/C15H24N2O/c1-4-5-6-14(16-3)11-17-15(18)13-9-7-12(2)8-10-13/h4-6,12-13H,3,7-11H2,1-2H3,(H,17,18)/b5-4-,14-6-. The van der Waals surface area contributed by atoms with Gasteiger partial charge in [0.2, 0.25) is 5.91 Å². The molecule has 1 aliphatic rings. The Bertz CT molecular complexity index is 336. The van der Waals surface area contributed by atoms with Gasteiger partial charge in [-0.15, -0.1) is 0 Å². The van der Waals surface area contributed by atoms with E-state index in [4.69, 9.17) is 0 Å². The Morgan fingerprint density at radius 1 is 1.39 bits per heavy atom. The highest BCUT2D eigenvalue weighted by Gasteiger charge is 2.23. The number of hydrogen-bond acceptors (Lipinski definition) is 2. The van der Waals surface area contributed by atoms with Crippen LogP contribution in [0, 0.1) is 11.8 Å². The Balaban J connectivity index is 2.38. The average molecular weight is 248 g/mol. The maximum absolute atomic E-state index is 12.0. The molecule has 1 saturated carbocycles. The molecule has 1 amide bonds. The van der Waals surface area contributed by atoms with Crippen LogP contribution < -0.4 is 5.32 Å². The normalized spacial score (nSPS) is 25.1. The number of carbonyl (C=O) groups is 1. The third kappa shape index (κ3) is 4.86. The maximum Gasteiger partial charge on any atom is 0.223 e. The van der Waals surface area contributed by atoms with Gasteiger partial charge in [0.15, 0.2) is 0 Å². The number of aliphatic imine (C=N–C) groups is 1. The first kappa shape index (κ1) is 14.7. The van der Waals surface area contributed by atoms with E-state index < -0.39 is 0 Å². The summed E-state index contributed by atoms with van der Waals surface area (Å²) in [5.41, 5.74) is 0.797. The van der Waals surface area contributed by atoms with Crippen LogP contribution in [-0.4, -0.2) is 19.2 Å². The van der Waals surface area contributed by atoms with E-state index in [0.717, 1.165) is 24.5 Å². The van der Waals surface area contributed by atoms with Crippen LogP contribution in [0.3, 0.4) is 0 Å². The molecule has 18 heavy (non-hydrogen) atoms. The minimum Gasteiger partial charge on any atom is -0.350 e. The predicted octanol–water partition coefficient (Wildman–Crippen LogP) is 3.09. The lowest BCUT2D eigenvalue weighted by molar-refractivity contribution is -0.126. The highest BCUT2D eigenvalue weighted by molar-refractivity contribution is 5.78. The summed E-state index contributed by atoms with van der Waals surface area (Å²) in [6, 6.07) is 0. The quantitative estimate of drug-likeness (QED) is 0.589. The molecule has 1 N–H and O–H groups in total. The molecule has 0 heterocycles. The molecule has 0 atom stereocenters. The predicted molar refractivity (Wildman–Crippen MR) is 76.6 cm³/mol. The lowest BCUT2D eigenvalue weighted by atomic mass is 9.82. The van der Waals surface area contributed by atoms with E-state index in [1.54, 1.807) is 0 Å². The third-order valence-corrected chi connectivity index (χ3v) is 3.51.